The standard InChI is InChI=1S/C12H13NO/c1-8-3-4-10-9(7-8)12(5-2-6-12)11(14)13-10/h3-4,7H,2,5-6H2,1H3,(H,13,14). The van der Waals surface area contributed by atoms with Crippen LogP contribution in [0.1, 0.15) is 30.4 Å². The molecule has 0 aromatic heterocycles. The minimum Gasteiger partial charge on any atom is -0.325 e. The molecular formula is C12H13NO. The zero-order valence-electron chi connectivity index (χ0n) is 8.26. The lowest BCUT2D eigenvalue weighted by Gasteiger charge is -2.36. The summed E-state index contributed by atoms with van der Waals surface area (Å²) in [5.74, 6) is 0.212. The lowest BCUT2D eigenvalue weighted by atomic mass is 9.65. The van der Waals surface area contributed by atoms with Crippen molar-refractivity contribution in [3.63, 3.8) is 0 Å². The fraction of sp³-hybridized carbons (Fsp3) is 0.417. The van der Waals surface area contributed by atoms with Gasteiger partial charge in [0.1, 0.15) is 0 Å². The maximum absolute atomic E-state index is 11.8. The Hall–Kier alpha value is -1.31. The number of fused-ring (bicyclic) bond motifs is 2. The first kappa shape index (κ1) is 8.04. The molecule has 1 aliphatic carbocycles. The molecule has 0 atom stereocenters. The van der Waals surface area contributed by atoms with E-state index in [2.05, 4.69) is 24.4 Å². The SMILES string of the molecule is Cc1ccc2c(c1)C1(CCC1)C(=O)N2. The van der Waals surface area contributed by atoms with E-state index in [0.717, 1.165) is 18.5 Å². The van der Waals surface area contributed by atoms with Crippen LogP contribution in [0.5, 0.6) is 0 Å². The van der Waals surface area contributed by atoms with Gasteiger partial charge in [0.25, 0.3) is 0 Å². The van der Waals surface area contributed by atoms with Gasteiger partial charge in [-0.3, -0.25) is 4.79 Å². The van der Waals surface area contributed by atoms with Crippen LogP contribution < -0.4 is 5.32 Å². The summed E-state index contributed by atoms with van der Waals surface area (Å²) in [4.78, 5) is 11.8. The van der Waals surface area contributed by atoms with Gasteiger partial charge in [-0.25, -0.2) is 0 Å². The van der Waals surface area contributed by atoms with Crippen molar-refractivity contribution in [1.82, 2.24) is 0 Å². The summed E-state index contributed by atoms with van der Waals surface area (Å²) in [6, 6.07) is 6.23. The number of aryl methyl sites for hydroxylation is 1. The molecule has 1 heterocycles. The fourth-order valence-corrected chi connectivity index (χ4v) is 2.55. The minimum atomic E-state index is -0.151. The smallest absolute Gasteiger partial charge is 0.235 e. The molecule has 1 aromatic carbocycles. The van der Waals surface area contributed by atoms with Gasteiger partial charge in [0.15, 0.2) is 0 Å². The maximum atomic E-state index is 11.8. The van der Waals surface area contributed by atoms with Gasteiger partial charge < -0.3 is 5.32 Å². The first-order valence-electron chi connectivity index (χ1n) is 5.15. The van der Waals surface area contributed by atoms with Crippen molar-refractivity contribution in [3.8, 4) is 0 Å². The number of carbonyl (C=O) groups is 1. The molecule has 0 unspecified atom stereocenters. The van der Waals surface area contributed by atoms with Crippen LogP contribution in [0.15, 0.2) is 18.2 Å². The van der Waals surface area contributed by atoms with Crippen LogP contribution in [-0.4, -0.2) is 5.91 Å². The summed E-state index contributed by atoms with van der Waals surface area (Å²) in [6.07, 6.45) is 3.23. The van der Waals surface area contributed by atoms with E-state index in [1.54, 1.807) is 0 Å². The molecule has 1 aliphatic heterocycles. The van der Waals surface area contributed by atoms with E-state index in [1.165, 1.54) is 17.5 Å². The fourth-order valence-electron chi connectivity index (χ4n) is 2.55. The second-order valence-corrected chi connectivity index (χ2v) is 4.44. The number of hydrogen-bond donors (Lipinski definition) is 1. The number of amides is 1. The van der Waals surface area contributed by atoms with Gasteiger partial charge in [-0.1, -0.05) is 24.1 Å². The Balaban J connectivity index is 2.20. The summed E-state index contributed by atoms with van der Waals surface area (Å²) >= 11 is 0. The molecule has 1 spiro atoms. The Kier molecular flexibility index (Phi) is 1.37. The molecule has 1 N–H and O–H groups in total. The average molecular weight is 187 g/mol. The molecule has 3 rings (SSSR count). The Morgan fingerprint density at radius 1 is 1.36 bits per heavy atom. The van der Waals surface area contributed by atoms with E-state index in [4.69, 9.17) is 0 Å². The predicted molar refractivity (Wildman–Crippen MR) is 55.3 cm³/mol. The quantitative estimate of drug-likeness (QED) is 0.663. The molecule has 2 nitrogen and oxygen atoms in total. The van der Waals surface area contributed by atoms with Gasteiger partial charge in [-0.2, -0.15) is 0 Å². The van der Waals surface area contributed by atoms with Crippen molar-refractivity contribution in [2.24, 2.45) is 0 Å². The highest BCUT2D eigenvalue weighted by atomic mass is 16.2. The third-order valence-corrected chi connectivity index (χ3v) is 3.58. The number of benzene rings is 1. The summed E-state index contributed by atoms with van der Waals surface area (Å²) < 4.78 is 0. The molecule has 2 aliphatic rings. The average Bonchev–Trinajstić information content (AvgIpc) is 2.35. The van der Waals surface area contributed by atoms with Crippen molar-refractivity contribution in [3.05, 3.63) is 29.3 Å². The lowest BCUT2D eigenvalue weighted by Crippen LogP contribution is -2.40. The summed E-state index contributed by atoms with van der Waals surface area (Å²) in [5.41, 5.74) is 3.35. The van der Waals surface area contributed by atoms with Gasteiger partial charge in [0.05, 0.1) is 5.41 Å². The zero-order chi connectivity index (χ0) is 9.76. The van der Waals surface area contributed by atoms with Crippen molar-refractivity contribution >= 4 is 11.6 Å². The molecule has 1 amide bonds. The highest BCUT2D eigenvalue weighted by molar-refractivity contribution is 6.06. The third-order valence-electron chi connectivity index (χ3n) is 3.58. The van der Waals surface area contributed by atoms with Crippen LogP contribution in [0.2, 0.25) is 0 Å². The molecule has 0 saturated heterocycles. The molecule has 2 heteroatoms. The Labute approximate surface area is 83.3 Å². The second-order valence-electron chi connectivity index (χ2n) is 4.44. The van der Waals surface area contributed by atoms with Crippen molar-refractivity contribution in [2.45, 2.75) is 31.6 Å². The van der Waals surface area contributed by atoms with E-state index in [9.17, 15) is 4.79 Å². The summed E-state index contributed by atoms with van der Waals surface area (Å²) in [6.45, 7) is 2.08. The van der Waals surface area contributed by atoms with Crippen LogP contribution in [0.4, 0.5) is 5.69 Å². The zero-order valence-corrected chi connectivity index (χ0v) is 8.26. The van der Waals surface area contributed by atoms with E-state index >= 15 is 0 Å². The Morgan fingerprint density at radius 3 is 2.79 bits per heavy atom. The van der Waals surface area contributed by atoms with Crippen molar-refractivity contribution in [2.75, 3.05) is 5.32 Å². The van der Waals surface area contributed by atoms with Crippen LogP contribution in [-0.2, 0) is 10.2 Å². The molecular weight excluding hydrogens is 174 g/mol. The van der Waals surface area contributed by atoms with E-state index < -0.39 is 0 Å². The van der Waals surface area contributed by atoms with E-state index in [-0.39, 0.29) is 11.3 Å². The number of nitrogens with one attached hydrogen (secondary N) is 1. The van der Waals surface area contributed by atoms with Gasteiger partial charge >= 0.3 is 0 Å². The van der Waals surface area contributed by atoms with Gasteiger partial charge in [-0.15, -0.1) is 0 Å². The second kappa shape index (κ2) is 2.38. The maximum Gasteiger partial charge on any atom is 0.235 e. The molecule has 1 saturated carbocycles. The van der Waals surface area contributed by atoms with Gasteiger partial charge in [0.2, 0.25) is 5.91 Å². The normalized spacial score (nSPS) is 21.6. The summed E-state index contributed by atoms with van der Waals surface area (Å²) in [5, 5.41) is 2.98. The molecule has 0 bridgehead atoms. The molecule has 0 radical (unpaired) electrons. The van der Waals surface area contributed by atoms with Gasteiger partial charge in [-0.05, 0) is 31.4 Å². The number of hydrogen-bond acceptors (Lipinski definition) is 1. The highest BCUT2D eigenvalue weighted by Gasteiger charge is 2.50. The van der Waals surface area contributed by atoms with E-state index in [0.29, 0.717) is 0 Å². The number of anilines is 1. The largest absolute Gasteiger partial charge is 0.325 e. The van der Waals surface area contributed by atoms with Crippen LogP contribution in [0.3, 0.4) is 0 Å². The van der Waals surface area contributed by atoms with Crippen LogP contribution >= 0.6 is 0 Å². The minimum absolute atomic E-state index is 0.151. The Morgan fingerprint density at radius 2 is 2.14 bits per heavy atom. The number of rotatable bonds is 0. The van der Waals surface area contributed by atoms with Crippen LogP contribution in [0, 0.1) is 6.92 Å². The predicted octanol–water partition coefficient (Wildman–Crippen LogP) is 2.37. The monoisotopic (exact) mass is 187 g/mol. The molecule has 1 aromatic rings. The third kappa shape index (κ3) is 0.788. The molecule has 1 fully saturated rings. The topological polar surface area (TPSA) is 29.1 Å². The summed E-state index contributed by atoms with van der Waals surface area (Å²) in [7, 11) is 0. The first-order valence-corrected chi connectivity index (χ1v) is 5.15. The van der Waals surface area contributed by atoms with Crippen LogP contribution in [0.25, 0.3) is 0 Å². The van der Waals surface area contributed by atoms with Gasteiger partial charge in [0, 0.05) is 5.69 Å². The van der Waals surface area contributed by atoms with Crippen molar-refractivity contribution in [1.29, 1.82) is 0 Å². The molecule has 14 heavy (non-hydrogen) atoms. The first-order chi connectivity index (χ1) is 6.72. The lowest BCUT2D eigenvalue weighted by molar-refractivity contribution is -0.123. The van der Waals surface area contributed by atoms with E-state index in [1.807, 2.05) is 6.07 Å². The van der Waals surface area contributed by atoms with Crippen molar-refractivity contribution < 1.29 is 4.79 Å². The number of carbonyl (C=O) groups excluding carboxylic acids is 1. The highest BCUT2D eigenvalue weighted by Crippen LogP contribution is 2.51. The Bertz CT molecular complexity index is 418. The molecule has 72 valence electrons.